The average Bonchev–Trinajstić information content (AvgIpc) is 2.50. The Kier molecular flexibility index (Phi) is 19.4. The van der Waals surface area contributed by atoms with E-state index in [1.165, 1.54) is 96.3 Å². The molecule has 0 rings (SSSR count). The SMILES string of the molecule is CCCCCC/C=C\CCCCCCCCCCCCO. The van der Waals surface area contributed by atoms with Gasteiger partial charge in [0.05, 0.1) is 0 Å². The zero-order valence-corrected chi connectivity index (χ0v) is 14.6. The molecule has 0 unspecified atom stereocenters. The van der Waals surface area contributed by atoms with Crippen LogP contribution in [0.25, 0.3) is 0 Å². The van der Waals surface area contributed by atoms with Crippen LogP contribution in [0.4, 0.5) is 0 Å². The number of unbranched alkanes of at least 4 members (excludes halogenated alkanes) is 14. The van der Waals surface area contributed by atoms with Gasteiger partial charge in [0.1, 0.15) is 0 Å². The first-order valence-corrected chi connectivity index (χ1v) is 9.67. The van der Waals surface area contributed by atoms with Crippen molar-refractivity contribution in [3.8, 4) is 0 Å². The molecule has 0 atom stereocenters. The van der Waals surface area contributed by atoms with Crippen LogP contribution in [0.2, 0.25) is 0 Å². The molecular weight excluding hydrogens is 256 g/mol. The standard InChI is InChI=1S/C20H40O/c1-2-3-4-5-6-7-8-9-10-11-12-13-14-15-16-17-18-19-20-21/h7-8,21H,2-6,9-20H2,1H3/b8-7-. The molecule has 0 saturated heterocycles. The molecule has 0 aromatic carbocycles. The Morgan fingerprint density at radius 3 is 1.33 bits per heavy atom. The summed E-state index contributed by atoms with van der Waals surface area (Å²) in [6.07, 6.45) is 26.2. The average molecular weight is 297 g/mol. The lowest BCUT2D eigenvalue weighted by atomic mass is 10.1. The molecular formula is C20H40O. The van der Waals surface area contributed by atoms with E-state index in [0.29, 0.717) is 6.61 Å². The molecule has 0 aliphatic carbocycles. The van der Waals surface area contributed by atoms with Crippen molar-refractivity contribution in [2.24, 2.45) is 0 Å². The van der Waals surface area contributed by atoms with Crippen molar-refractivity contribution in [2.75, 3.05) is 6.61 Å². The van der Waals surface area contributed by atoms with E-state index in [2.05, 4.69) is 19.1 Å². The van der Waals surface area contributed by atoms with Gasteiger partial charge in [0.2, 0.25) is 0 Å². The summed E-state index contributed by atoms with van der Waals surface area (Å²) in [5, 5.41) is 8.69. The Morgan fingerprint density at radius 2 is 0.905 bits per heavy atom. The smallest absolute Gasteiger partial charge is 0.0431 e. The molecule has 0 heterocycles. The summed E-state index contributed by atoms with van der Waals surface area (Å²) in [6, 6.07) is 0. The van der Waals surface area contributed by atoms with Crippen LogP contribution in [-0.4, -0.2) is 11.7 Å². The van der Waals surface area contributed by atoms with Gasteiger partial charge < -0.3 is 5.11 Å². The molecule has 126 valence electrons. The van der Waals surface area contributed by atoms with Gasteiger partial charge in [-0.25, -0.2) is 0 Å². The Morgan fingerprint density at radius 1 is 0.524 bits per heavy atom. The van der Waals surface area contributed by atoms with E-state index in [4.69, 9.17) is 5.11 Å². The quantitative estimate of drug-likeness (QED) is 0.231. The van der Waals surface area contributed by atoms with Crippen molar-refractivity contribution in [3.63, 3.8) is 0 Å². The predicted octanol–water partition coefficient (Wildman–Crippen LogP) is 6.80. The summed E-state index contributed by atoms with van der Waals surface area (Å²) in [4.78, 5) is 0. The third-order valence-corrected chi connectivity index (χ3v) is 4.17. The summed E-state index contributed by atoms with van der Waals surface area (Å²) in [7, 11) is 0. The molecule has 0 radical (unpaired) electrons. The van der Waals surface area contributed by atoms with Crippen LogP contribution in [0.5, 0.6) is 0 Å². The van der Waals surface area contributed by atoms with Crippen LogP contribution in [-0.2, 0) is 0 Å². The zero-order valence-electron chi connectivity index (χ0n) is 14.6. The second kappa shape index (κ2) is 19.7. The van der Waals surface area contributed by atoms with E-state index in [9.17, 15) is 0 Å². The highest BCUT2D eigenvalue weighted by molar-refractivity contribution is 4.81. The van der Waals surface area contributed by atoms with E-state index in [-0.39, 0.29) is 0 Å². The highest BCUT2D eigenvalue weighted by Gasteiger charge is 1.92. The lowest BCUT2D eigenvalue weighted by Gasteiger charge is -2.01. The van der Waals surface area contributed by atoms with Crippen molar-refractivity contribution < 1.29 is 5.11 Å². The van der Waals surface area contributed by atoms with Crippen LogP contribution in [0, 0.1) is 0 Å². The predicted molar refractivity (Wildman–Crippen MR) is 95.8 cm³/mol. The maximum absolute atomic E-state index is 8.69. The van der Waals surface area contributed by atoms with Crippen molar-refractivity contribution >= 4 is 0 Å². The van der Waals surface area contributed by atoms with E-state index < -0.39 is 0 Å². The van der Waals surface area contributed by atoms with Crippen LogP contribution in [0.1, 0.15) is 110 Å². The summed E-state index contributed by atoms with van der Waals surface area (Å²) >= 11 is 0. The second-order valence-electron chi connectivity index (χ2n) is 6.37. The summed E-state index contributed by atoms with van der Waals surface area (Å²) < 4.78 is 0. The highest BCUT2D eigenvalue weighted by atomic mass is 16.2. The first-order chi connectivity index (χ1) is 10.4. The van der Waals surface area contributed by atoms with Crippen LogP contribution in [0.3, 0.4) is 0 Å². The minimum atomic E-state index is 0.368. The second-order valence-corrected chi connectivity index (χ2v) is 6.37. The summed E-state index contributed by atoms with van der Waals surface area (Å²) in [6.45, 7) is 2.64. The van der Waals surface area contributed by atoms with Crippen molar-refractivity contribution in [1.29, 1.82) is 0 Å². The van der Waals surface area contributed by atoms with Crippen LogP contribution in [0.15, 0.2) is 12.2 Å². The molecule has 0 amide bonds. The molecule has 1 nitrogen and oxygen atoms in total. The number of allylic oxidation sites excluding steroid dienone is 2. The molecule has 1 N–H and O–H groups in total. The zero-order chi connectivity index (χ0) is 15.4. The topological polar surface area (TPSA) is 20.2 Å². The van der Waals surface area contributed by atoms with Gasteiger partial charge in [-0.2, -0.15) is 0 Å². The normalized spacial score (nSPS) is 11.5. The third-order valence-electron chi connectivity index (χ3n) is 4.17. The number of hydrogen-bond acceptors (Lipinski definition) is 1. The largest absolute Gasteiger partial charge is 0.396 e. The summed E-state index contributed by atoms with van der Waals surface area (Å²) in [5.41, 5.74) is 0. The maximum atomic E-state index is 8.69. The van der Waals surface area contributed by atoms with Gasteiger partial charge in [0, 0.05) is 6.61 Å². The van der Waals surface area contributed by atoms with Crippen molar-refractivity contribution in [2.45, 2.75) is 110 Å². The Labute approximate surface area is 134 Å². The maximum Gasteiger partial charge on any atom is 0.0431 e. The van der Waals surface area contributed by atoms with E-state index in [1.807, 2.05) is 0 Å². The van der Waals surface area contributed by atoms with Gasteiger partial charge >= 0.3 is 0 Å². The van der Waals surface area contributed by atoms with Gasteiger partial charge in [-0.05, 0) is 32.1 Å². The number of rotatable bonds is 17. The number of aliphatic hydroxyl groups excluding tert-OH is 1. The highest BCUT2D eigenvalue weighted by Crippen LogP contribution is 2.11. The molecule has 0 fully saturated rings. The van der Waals surface area contributed by atoms with E-state index >= 15 is 0 Å². The molecule has 0 saturated carbocycles. The van der Waals surface area contributed by atoms with Crippen molar-refractivity contribution in [1.82, 2.24) is 0 Å². The van der Waals surface area contributed by atoms with Gasteiger partial charge in [-0.3, -0.25) is 0 Å². The fraction of sp³-hybridized carbons (Fsp3) is 0.900. The number of aliphatic hydroxyl groups is 1. The lowest BCUT2D eigenvalue weighted by Crippen LogP contribution is -1.84. The monoisotopic (exact) mass is 296 g/mol. The van der Waals surface area contributed by atoms with E-state index in [0.717, 1.165) is 6.42 Å². The molecule has 0 aromatic heterocycles. The Bertz CT molecular complexity index is 198. The minimum absolute atomic E-state index is 0.368. The molecule has 0 aliphatic rings. The Hall–Kier alpha value is -0.300. The Balaban J connectivity index is 3.00. The fourth-order valence-corrected chi connectivity index (χ4v) is 2.71. The third kappa shape index (κ3) is 19.7. The van der Waals surface area contributed by atoms with Crippen LogP contribution >= 0.6 is 0 Å². The van der Waals surface area contributed by atoms with E-state index in [1.54, 1.807) is 0 Å². The van der Waals surface area contributed by atoms with Gasteiger partial charge in [-0.15, -0.1) is 0 Å². The molecule has 0 aromatic rings. The molecule has 0 spiro atoms. The minimum Gasteiger partial charge on any atom is -0.396 e. The van der Waals surface area contributed by atoms with Gasteiger partial charge in [-0.1, -0.05) is 89.7 Å². The molecule has 21 heavy (non-hydrogen) atoms. The summed E-state index contributed by atoms with van der Waals surface area (Å²) in [5.74, 6) is 0. The van der Waals surface area contributed by atoms with Gasteiger partial charge in [0.15, 0.2) is 0 Å². The molecule has 0 aliphatic heterocycles. The van der Waals surface area contributed by atoms with Crippen LogP contribution < -0.4 is 0 Å². The lowest BCUT2D eigenvalue weighted by molar-refractivity contribution is 0.282. The first kappa shape index (κ1) is 20.7. The first-order valence-electron chi connectivity index (χ1n) is 9.67. The molecule has 0 bridgehead atoms. The van der Waals surface area contributed by atoms with Gasteiger partial charge in [0.25, 0.3) is 0 Å². The fourth-order valence-electron chi connectivity index (χ4n) is 2.71. The molecule has 1 heteroatoms. The number of hydrogen-bond donors (Lipinski definition) is 1. The van der Waals surface area contributed by atoms with Crippen molar-refractivity contribution in [3.05, 3.63) is 12.2 Å².